The van der Waals surface area contributed by atoms with Gasteiger partial charge in [0.25, 0.3) is 0 Å². The molecule has 1 rings (SSSR count). The Labute approximate surface area is 113 Å². The van der Waals surface area contributed by atoms with Gasteiger partial charge in [-0.05, 0) is 45.0 Å². The number of hydrogen-bond donors (Lipinski definition) is 2. The number of benzene rings is 1. The van der Waals surface area contributed by atoms with Crippen LogP contribution in [0.25, 0.3) is 0 Å². The SMILES string of the molecule is CCOC(C)(C)CNCC(=O)Nc1ccc(F)cc1. The van der Waals surface area contributed by atoms with E-state index in [-0.39, 0.29) is 23.9 Å². The monoisotopic (exact) mass is 268 g/mol. The van der Waals surface area contributed by atoms with Gasteiger partial charge in [-0.1, -0.05) is 0 Å². The van der Waals surface area contributed by atoms with E-state index in [9.17, 15) is 9.18 Å². The van der Waals surface area contributed by atoms with Crippen molar-refractivity contribution in [3.8, 4) is 0 Å². The van der Waals surface area contributed by atoms with Gasteiger partial charge in [0.05, 0.1) is 12.1 Å². The lowest BCUT2D eigenvalue weighted by molar-refractivity contribution is -0.115. The van der Waals surface area contributed by atoms with Crippen molar-refractivity contribution in [2.45, 2.75) is 26.4 Å². The van der Waals surface area contributed by atoms with Crippen LogP contribution in [0.2, 0.25) is 0 Å². The molecule has 2 N–H and O–H groups in total. The van der Waals surface area contributed by atoms with Crippen LogP contribution in [-0.2, 0) is 9.53 Å². The first-order valence-electron chi connectivity index (χ1n) is 6.33. The van der Waals surface area contributed by atoms with Crippen molar-refractivity contribution in [3.05, 3.63) is 30.1 Å². The van der Waals surface area contributed by atoms with Gasteiger partial charge >= 0.3 is 0 Å². The quantitative estimate of drug-likeness (QED) is 0.797. The predicted molar refractivity (Wildman–Crippen MR) is 73.6 cm³/mol. The number of ether oxygens (including phenoxy) is 1. The molecule has 0 radical (unpaired) electrons. The zero-order chi connectivity index (χ0) is 14.3. The van der Waals surface area contributed by atoms with Gasteiger partial charge in [-0.15, -0.1) is 0 Å². The number of nitrogens with one attached hydrogen (secondary N) is 2. The summed E-state index contributed by atoms with van der Waals surface area (Å²) < 4.78 is 18.2. The zero-order valence-electron chi connectivity index (χ0n) is 11.6. The molecule has 0 unspecified atom stereocenters. The Morgan fingerprint density at radius 2 is 1.95 bits per heavy atom. The van der Waals surface area contributed by atoms with Gasteiger partial charge in [0.1, 0.15) is 5.82 Å². The van der Waals surface area contributed by atoms with Crippen molar-refractivity contribution >= 4 is 11.6 Å². The fourth-order valence-electron chi connectivity index (χ4n) is 1.66. The van der Waals surface area contributed by atoms with Crippen LogP contribution in [-0.4, -0.2) is 31.2 Å². The van der Waals surface area contributed by atoms with E-state index in [4.69, 9.17) is 4.74 Å². The molecule has 1 aromatic rings. The molecule has 0 bridgehead atoms. The Morgan fingerprint density at radius 3 is 2.53 bits per heavy atom. The summed E-state index contributed by atoms with van der Waals surface area (Å²) in [6.07, 6.45) is 0. The minimum absolute atomic E-state index is 0.168. The summed E-state index contributed by atoms with van der Waals surface area (Å²) in [6.45, 7) is 7.26. The third-order valence-corrected chi connectivity index (χ3v) is 2.50. The minimum Gasteiger partial charge on any atom is -0.375 e. The van der Waals surface area contributed by atoms with E-state index in [1.54, 1.807) is 0 Å². The average Bonchev–Trinajstić information content (AvgIpc) is 2.31. The molecule has 0 aromatic heterocycles. The Balaban J connectivity index is 2.30. The van der Waals surface area contributed by atoms with E-state index >= 15 is 0 Å². The van der Waals surface area contributed by atoms with E-state index in [0.717, 1.165) is 0 Å². The fourth-order valence-corrected chi connectivity index (χ4v) is 1.66. The summed E-state index contributed by atoms with van der Waals surface area (Å²) in [5.41, 5.74) is 0.280. The van der Waals surface area contributed by atoms with Crippen LogP contribution < -0.4 is 10.6 Å². The first-order chi connectivity index (χ1) is 8.93. The first kappa shape index (κ1) is 15.6. The molecule has 0 aliphatic carbocycles. The van der Waals surface area contributed by atoms with Gasteiger partial charge in [-0.2, -0.15) is 0 Å². The van der Waals surface area contributed by atoms with Crippen LogP contribution in [0.3, 0.4) is 0 Å². The van der Waals surface area contributed by atoms with Gasteiger partial charge in [-0.3, -0.25) is 4.79 Å². The fraction of sp³-hybridized carbons (Fsp3) is 0.500. The lowest BCUT2D eigenvalue weighted by atomic mass is 10.1. The second kappa shape index (κ2) is 7.21. The molecule has 1 amide bonds. The molecular formula is C14H21FN2O2. The molecule has 0 aliphatic heterocycles. The smallest absolute Gasteiger partial charge is 0.238 e. The molecule has 19 heavy (non-hydrogen) atoms. The molecule has 0 fully saturated rings. The summed E-state index contributed by atoms with van der Waals surface area (Å²) in [5.74, 6) is -0.492. The molecule has 106 valence electrons. The molecule has 0 aliphatic rings. The summed E-state index contributed by atoms with van der Waals surface area (Å²) in [5, 5.41) is 5.71. The van der Waals surface area contributed by atoms with Crippen molar-refractivity contribution in [3.63, 3.8) is 0 Å². The van der Waals surface area contributed by atoms with Crippen molar-refractivity contribution < 1.29 is 13.9 Å². The van der Waals surface area contributed by atoms with Crippen molar-refractivity contribution in [2.24, 2.45) is 0 Å². The Hall–Kier alpha value is -1.46. The van der Waals surface area contributed by atoms with Gasteiger partial charge in [-0.25, -0.2) is 4.39 Å². The number of carbonyl (C=O) groups is 1. The Kier molecular flexibility index (Phi) is 5.92. The van der Waals surface area contributed by atoms with E-state index in [1.807, 2.05) is 20.8 Å². The lowest BCUT2D eigenvalue weighted by Gasteiger charge is -2.24. The largest absolute Gasteiger partial charge is 0.375 e. The second-order valence-electron chi connectivity index (χ2n) is 4.85. The normalized spacial score (nSPS) is 11.4. The maximum absolute atomic E-state index is 12.7. The number of amides is 1. The van der Waals surface area contributed by atoms with E-state index in [1.165, 1.54) is 24.3 Å². The third-order valence-electron chi connectivity index (χ3n) is 2.50. The van der Waals surface area contributed by atoms with Gasteiger partial charge in [0, 0.05) is 18.8 Å². The van der Waals surface area contributed by atoms with Crippen molar-refractivity contribution in [2.75, 3.05) is 25.0 Å². The van der Waals surface area contributed by atoms with Crippen molar-refractivity contribution in [1.29, 1.82) is 0 Å². The highest BCUT2D eigenvalue weighted by Crippen LogP contribution is 2.08. The van der Waals surface area contributed by atoms with Crippen LogP contribution >= 0.6 is 0 Å². The summed E-state index contributed by atoms with van der Waals surface area (Å²) in [6, 6.07) is 5.66. The summed E-state index contributed by atoms with van der Waals surface area (Å²) >= 11 is 0. The molecule has 5 heteroatoms. The Morgan fingerprint density at radius 1 is 1.32 bits per heavy atom. The second-order valence-corrected chi connectivity index (χ2v) is 4.85. The molecule has 0 saturated carbocycles. The van der Waals surface area contributed by atoms with Gasteiger partial charge in [0.2, 0.25) is 5.91 Å². The number of hydrogen-bond acceptors (Lipinski definition) is 3. The summed E-state index contributed by atoms with van der Waals surface area (Å²) in [4.78, 5) is 11.6. The highest BCUT2D eigenvalue weighted by molar-refractivity contribution is 5.92. The number of halogens is 1. The highest BCUT2D eigenvalue weighted by atomic mass is 19.1. The molecule has 0 spiro atoms. The topological polar surface area (TPSA) is 50.4 Å². The highest BCUT2D eigenvalue weighted by Gasteiger charge is 2.17. The number of rotatable bonds is 7. The molecule has 0 atom stereocenters. The minimum atomic E-state index is -0.324. The van der Waals surface area contributed by atoms with Crippen LogP contribution in [0.4, 0.5) is 10.1 Å². The number of carbonyl (C=O) groups excluding carboxylic acids is 1. The standard InChI is InChI=1S/C14H21FN2O2/c1-4-19-14(2,3)10-16-9-13(18)17-12-7-5-11(15)6-8-12/h5-8,16H,4,9-10H2,1-3H3,(H,17,18). The maximum atomic E-state index is 12.7. The van der Waals surface area contributed by atoms with Crippen LogP contribution in [0.1, 0.15) is 20.8 Å². The predicted octanol–water partition coefficient (Wildman–Crippen LogP) is 2.17. The zero-order valence-corrected chi connectivity index (χ0v) is 11.6. The summed E-state index contributed by atoms with van der Waals surface area (Å²) in [7, 11) is 0. The first-order valence-corrected chi connectivity index (χ1v) is 6.33. The van der Waals surface area contributed by atoms with Crippen molar-refractivity contribution in [1.82, 2.24) is 5.32 Å². The van der Waals surface area contributed by atoms with E-state index in [2.05, 4.69) is 10.6 Å². The molecule has 0 heterocycles. The molecule has 1 aromatic carbocycles. The van der Waals surface area contributed by atoms with Gasteiger partial charge < -0.3 is 15.4 Å². The van der Waals surface area contributed by atoms with E-state index in [0.29, 0.717) is 18.8 Å². The lowest BCUT2D eigenvalue weighted by Crippen LogP contribution is -2.40. The van der Waals surface area contributed by atoms with E-state index < -0.39 is 0 Å². The van der Waals surface area contributed by atoms with Crippen LogP contribution in [0.5, 0.6) is 0 Å². The van der Waals surface area contributed by atoms with Crippen LogP contribution in [0.15, 0.2) is 24.3 Å². The number of anilines is 1. The van der Waals surface area contributed by atoms with Gasteiger partial charge in [0.15, 0.2) is 0 Å². The third kappa shape index (κ3) is 6.31. The average molecular weight is 268 g/mol. The van der Waals surface area contributed by atoms with Crippen LogP contribution in [0, 0.1) is 5.82 Å². The molecule has 4 nitrogen and oxygen atoms in total. The molecular weight excluding hydrogens is 247 g/mol. The Bertz CT molecular complexity index is 404. The molecule has 0 saturated heterocycles. The maximum Gasteiger partial charge on any atom is 0.238 e.